The van der Waals surface area contributed by atoms with Gasteiger partial charge >= 0.3 is 6.18 Å². The molecule has 1 fully saturated rings. The number of hydrogen-bond acceptors (Lipinski definition) is 6. The maximum absolute atomic E-state index is 13.2. The fourth-order valence-electron chi connectivity index (χ4n) is 3.64. The molecular weight excluding hydrogens is 451 g/mol. The van der Waals surface area contributed by atoms with Crippen LogP contribution in [-0.2, 0) is 36.5 Å². The van der Waals surface area contributed by atoms with Crippen LogP contribution in [0.25, 0.3) is 0 Å². The summed E-state index contributed by atoms with van der Waals surface area (Å²) in [6.07, 6.45) is -3.47. The van der Waals surface area contributed by atoms with Crippen molar-refractivity contribution in [1.29, 1.82) is 5.26 Å². The standard InChI is InChI=1S/C19H22F3N5O2S2/c1-25-17(8-16-6-7-31(28,29)11-16)24-27(18(25)30)13-26(12-19(20,21)22)10-15-4-2-14(9-23)3-5-15/h2-5,16H,6-8,10-13H2,1H3. The van der Waals surface area contributed by atoms with Gasteiger partial charge in [-0.05, 0) is 42.3 Å². The monoisotopic (exact) mass is 473 g/mol. The van der Waals surface area contributed by atoms with Crippen molar-refractivity contribution in [3.05, 3.63) is 46.0 Å². The summed E-state index contributed by atoms with van der Waals surface area (Å²) in [6, 6.07) is 8.32. The molecule has 0 aliphatic carbocycles. The van der Waals surface area contributed by atoms with E-state index in [0.717, 1.165) is 0 Å². The summed E-state index contributed by atoms with van der Waals surface area (Å²) in [5.41, 5.74) is 1.05. The van der Waals surface area contributed by atoms with Crippen molar-refractivity contribution in [3.63, 3.8) is 0 Å². The maximum Gasteiger partial charge on any atom is 0.401 e. The van der Waals surface area contributed by atoms with Crippen LogP contribution in [0.3, 0.4) is 0 Å². The van der Waals surface area contributed by atoms with Crippen molar-refractivity contribution >= 4 is 22.1 Å². The number of nitriles is 1. The van der Waals surface area contributed by atoms with Crippen molar-refractivity contribution in [2.24, 2.45) is 13.0 Å². The van der Waals surface area contributed by atoms with Gasteiger partial charge in [-0.25, -0.2) is 13.1 Å². The Kier molecular flexibility index (Phi) is 6.88. The molecule has 1 saturated heterocycles. The Bertz CT molecular complexity index is 1130. The number of aromatic nitrogens is 3. The Labute approximate surface area is 183 Å². The van der Waals surface area contributed by atoms with Crippen molar-refractivity contribution in [3.8, 4) is 6.07 Å². The van der Waals surface area contributed by atoms with Gasteiger partial charge in [-0.3, -0.25) is 4.90 Å². The van der Waals surface area contributed by atoms with Gasteiger partial charge in [-0.2, -0.15) is 23.5 Å². The number of rotatable bonds is 7. The molecule has 168 valence electrons. The molecule has 1 atom stereocenters. The quantitative estimate of drug-likeness (QED) is 0.575. The first kappa shape index (κ1) is 23.4. The zero-order valence-corrected chi connectivity index (χ0v) is 18.5. The van der Waals surface area contributed by atoms with Crippen molar-refractivity contribution < 1.29 is 21.6 Å². The zero-order valence-electron chi connectivity index (χ0n) is 16.8. The summed E-state index contributed by atoms with van der Waals surface area (Å²) in [4.78, 5) is 1.17. The zero-order chi connectivity index (χ0) is 22.8. The molecule has 2 aromatic rings. The maximum atomic E-state index is 13.2. The predicted octanol–water partition coefficient (Wildman–Crippen LogP) is 2.82. The summed E-state index contributed by atoms with van der Waals surface area (Å²) >= 11 is 5.36. The molecule has 7 nitrogen and oxygen atoms in total. The first-order chi connectivity index (χ1) is 14.5. The number of hydrogen-bond donors (Lipinski definition) is 0. The summed E-state index contributed by atoms with van der Waals surface area (Å²) in [5, 5.41) is 13.3. The van der Waals surface area contributed by atoms with Gasteiger partial charge in [0.25, 0.3) is 0 Å². The molecule has 0 radical (unpaired) electrons. The molecule has 12 heteroatoms. The van der Waals surface area contributed by atoms with Crippen molar-refractivity contribution in [1.82, 2.24) is 19.2 Å². The molecule has 1 unspecified atom stereocenters. The van der Waals surface area contributed by atoms with Crippen LogP contribution >= 0.6 is 12.2 Å². The second-order valence-electron chi connectivity index (χ2n) is 7.78. The second kappa shape index (κ2) is 9.10. The van der Waals surface area contributed by atoms with Crippen LogP contribution in [0.2, 0.25) is 0 Å². The highest BCUT2D eigenvalue weighted by molar-refractivity contribution is 7.91. The lowest BCUT2D eigenvalue weighted by molar-refractivity contribution is -0.151. The van der Waals surface area contributed by atoms with Gasteiger partial charge in [-0.1, -0.05) is 12.1 Å². The van der Waals surface area contributed by atoms with Gasteiger partial charge in [0.15, 0.2) is 14.6 Å². The van der Waals surface area contributed by atoms with Crippen LogP contribution in [0.4, 0.5) is 13.2 Å². The third-order valence-electron chi connectivity index (χ3n) is 5.16. The second-order valence-corrected chi connectivity index (χ2v) is 10.4. The minimum Gasteiger partial charge on any atom is -0.307 e. The Morgan fingerprint density at radius 1 is 1.32 bits per heavy atom. The highest BCUT2D eigenvalue weighted by Gasteiger charge is 2.32. The van der Waals surface area contributed by atoms with Crippen LogP contribution in [0.5, 0.6) is 0 Å². The molecule has 0 N–H and O–H groups in total. The Balaban J connectivity index is 1.78. The van der Waals surface area contributed by atoms with Crippen LogP contribution < -0.4 is 0 Å². The molecule has 0 spiro atoms. The normalized spacial score (nSPS) is 18.4. The number of halogens is 3. The topological polar surface area (TPSA) is 83.9 Å². The van der Waals surface area contributed by atoms with Crippen molar-refractivity contribution in [2.45, 2.75) is 32.2 Å². The molecule has 31 heavy (non-hydrogen) atoms. The smallest absolute Gasteiger partial charge is 0.307 e. The third-order valence-corrected chi connectivity index (χ3v) is 7.48. The summed E-state index contributed by atoms with van der Waals surface area (Å²) in [7, 11) is -1.35. The van der Waals surface area contributed by atoms with E-state index in [2.05, 4.69) is 5.10 Å². The minimum atomic E-state index is -4.41. The van der Waals surface area contributed by atoms with Crippen LogP contribution in [0.15, 0.2) is 24.3 Å². The third kappa shape index (κ3) is 6.38. The van der Waals surface area contributed by atoms with Gasteiger partial charge < -0.3 is 4.57 Å². The van der Waals surface area contributed by atoms with Gasteiger partial charge in [0.2, 0.25) is 0 Å². The number of benzene rings is 1. The summed E-state index contributed by atoms with van der Waals surface area (Å²) in [6.45, 7) is -1.32. The predicted molar refractivity (Wildman–Crippen MR) is 110 cm³/mol. The fourth-order valence-corrected chi connectivity index (χ4v) is 5.70. The average Bonchev–Trinajstić information content (AvgIpc) is 3.15. The molecule has 1 aromatic carbocycles. The van der Waals surface area contributed by atoms with Gasteiger partial charge in [0.1, 0.15) is 5.82 Å². The van der Waals surface area contributed by atoms with Crippen LogP contribution in [0.1, 0.15) is 23.4 Å². The minimum absolute atomic E-state index is 0.000230. The Hall–Kier alpha value is -2.23. The van der Waals surface area contributed by atoms with Crippen LogP contribution in [0, 0.1) is 22.0 Å². The van der Waals surface area contributed by atoms with E-state index in [9.17, 15) is 21.6 Å². The lowest BCUT2D eigenvalue weighted by atomic mass is 10.1. The van der Waals surface area contributed by atoms with Gasteiger partial charge in [0, 0.05) is 20.0 Å². The lowest BCUT2D eigenvalue weighted by Crippen LogP contribution is -2.35. The molecule has 0 saturated carbocycles. The van der Waals surface area contributed by atoms with E-state index in [1.54, 1.807) is 35.9 Å². The van der Waals surface area contributed by atoms with E-state index in [0.29, 0.717) is 29.8 Å². The number of nitrogens with zero attached hydrogens (tertiary/aromatic N) is 5. The first-order valence-corrected chi connectivity index (χ1v) is 11.8. The van der Waals surface area contributed by atoms with E-state index in [4.69, 9.17) is 17.5 Å². The van der Waals surface area contributed by atoms with E-state index >= 15 is 0 Å². The molecule has 2 heterocycles. The van der Waals surface area contributed by atoms with Crippen LogP contribution in [-0.4, -0.2) is 51.9 Å². The van der Waals surface area contributed by atoms with Gasteiger partial charge in [-0.15, -0.1) is 0 Å². The summed E-state index contributed by atoms with van der Waals surface area (Å²) < 4.78 is 66.1. The van der Waals surface area contributed by atoms with Crippen molar-refractivity contribution in [2.75, 3.05) is 18.1 Å². The highest BCUT2D eigenvalue weighted by atomic mass is 32.2. The largest absolute Gasteiger partial charge is 0.401 e. The first-order valence-electron chi connectivity index (χ1n) is 9.57. The van der Waals surface area contributed by atoms with Gasteiger partial charge in [0.05, 0.1) is 36.4 Å². The average molecular weight is 474 g/mol. The Morgan fingerprint density at radius 3 is 2.55 bits per heavy atom. The van der Waals surface area contributed by atoms with E-state index in [1.807, 2.05) is 6.07 Å². The molecular formula is C19H22F3N5O2S2. The Morgan fingerprint density at radius 2 is 2.00 bits per heavy atom. The van der Waals surface area contributed by atoms with E-state index in [-0.39, 0.29) is 35.4 Å². The molecule has 1 aliphatic heterocycles. The number of sulfone groups is 1. The number of alkyl halides is 3. The fraction of sp³-hybridized carbons (Fsp3) is 0.526. The lowest BCUT2D eigenvalue weighted by Gasteiger charge is -2.23. The SMILES string of the molecule is Cn1c(CC2CCS(=O)(=O)C2)nn(CN(Cc2ccc(C#N)cc2)CC(F)(F)F)c1=S. The summed E-state index contributed by atoms with van der Waals surface area (Å²) in [5.74, 6) is 0.717. The molecule has 0 bridgehead atoms. The highest BCUT2D eigenvalue weighted by Crippen LogP contribution is 2.23. The van der Waals surface area contributed by atoms with E-state index in [1.165, 1.54) is 9.58 Å². The molecule has 3 rings (SSSR count). The molecule has 1 aromatic heterocycles. The van der Waals surface area contributed by atoms with E-state index < -0.39 is 22.6 Å². The molecule has 1 aliphatic rings. The molecule has 0 amide bonds.